The van der Waals surface area contributed by atoms with Crippen LogP contribution in [0.4, 0.5) is 0 Å². The molecule has 0 amide bonds. The Morgan fingerprint density at radius 2 is 1.74 bits per heavy atom. The van der Waals surface area contributed by atoms with Gasteiger partial charge in [0.2, 0.25) is 0 Å². The van der Waals surface area contributed by atoms with E-state index in [9.17, 15) is 14.4 Å². The van der Waals surface area contributed by atoms with Gasteiger partial charge in [-0.15, -0.1) is 0 Å². The SMILES string of the molecule is CC(=O)Oc1ccc2c(-c3cc4cc(Cl)ccc4oc3=O)cc(=O)oc2c1. The summed E-state index contributed by atoms with van der Waals surface area (Å²) in [6.45, 7) is 1.27. The summed E-state index contributed by atoms with van der Waals surface area (Å²) in [5.41, 5.74) is -0.127. The summed E-state index contributed by atoms with van der Waals surface area (Å²) in [7, 11) is 0. The maximum Gasteiger partial charge on any atom is 0.344 e. The molecule has 0 aliphatic heterocycles. The molecule has 0 saturated heterocycles. The predicted molar refractivity (Wildman–Crippen MR) is 100 cm³/mol. The van der Waals surface area contributed by atoms with E-state index in [1.54, 1.807) is 36.4 Å². The van der Waals surface area contributed by atoms with E-state index in [-0.39, 0.29) is 16.9 Å². The monoisotopic (exact) mass is 382 g/mol. The molecule has 4 aromatic rings. The molecule has 0 aliphatic carbocycles. The first-order valence-electron chi connectivity index (χ1n) is 7.91. The highest BCUT2D eigenvalue weighted by molar-refractivity contribution is 6.31. The highest BCUT2D eigenvalue weighted by atomic mass is 35.5. The molecule has 4 rings (SSSR count). The van der Waals surface area contributed by atoms with E-state index in [4.69, 9.17) is 25.2 Å². The van der Waals surface area contributed by atoms with Crippen LogP contribution in [0.2, 0.25) is 5.02 Å². The normalized spacial score (nSPS) is 11.0. The molecule has 7 heteroatoms. The van der Waals surface area contributed by atoms with Gasteiger partial charge in [0.05, 0.1) is 5.56 Å². The number of ether oxygens (including phenoxy) is 1. The lowest BCUT2D eigenvalue weighted by Crippen LogP contribution is -2.07. The Kier molecular flexibility index (Phi) is 4.05. The Hall–Kier alpha value is -3.38. The molecule has 0 aliphatic rings. The van der Waals surface area contributed by atoms with E-state index in [2.05, 4.69) is 0 Å². The summed E-state index contributed by atoms with van der Waals surface area (Å²) in [4.78, 5) is 35.6. The zero-order chi connectivity index (χ0) is 19.1. The van der Waals surface area contributed by atoms with Crippen LogP contribution in [-0.2, 0) is 4.79 Å². The highest BCUT2D eigenvalue weighted by Crippen LogP contribution is 2.30. The Morgan fingerprint density at radius 3 is 2.52 bits per heavy atom. The Balaban J connectivity index is 1.99. The molecule has 134 valence electrons. The van der Waals surface area contributed by atoms with E-state index in [1.807, 2.05) is 0 Å². The molecule has 27 heavy (non-hydrogen) atoms. The van der Waals surface area contributed by atoms with Crippen LogP contribution in [0.25, 0.3) is 33.1 Å². The molecule has 0 unspecified atom stereocenters. The van der Waals surface area contributed by atoms with Gasteiger partial charge in [-0.3, -0.25) is 4.79 Å². The first-order valence-corrected chi connectivity index (χ1v) is 8.28. The summed E-state index contributed by atoms with van der Waals surface area (Å²) < 4.78 is 15.5. The lowest BCUT2D eigenvalue weighted by atomic mass is 10.0. The third-order valence-electron chi connectivity index (χ3n) is 3.96. The van der Waals surface area contributed by atoms with E-state index in [1.165, 1.54) is 19.1 Å². The maximum atomic E-state index is 12.5. The number of benzene rings is 2. The zero-order valence-electron chi connectivity index (χ0n) is 13.9. The van der Waals surface area contributed by atoms with Gasteiger partial charge in [0.1, 0.15) is 16.9 Å². The lowest BCUT2D eigenvalue weighted by molar-refractivity contribution is -0.131. The molecular weight excluding hydrogens is 372 g/mol. The average Bonchev–Trinajstić information content (AvgIpc) is 2.60. The Morgan fingerprint density at radius 1 is 0.926 bits per heavy atom. The van der Waals surface area contributed by atoms with Crippen LogP contribution < -0.4 is 16.0 Å². The number of carbonyl (C=O) groups excluding carboxylic acids is 1. The summed E-state index contributed by atoms with van der Waals surface area (Å²) in [6.07, 6.45) is 0. The average molecular weight is 383 g/mol. The second-order valence-corrected chi connectivity index (χ2v) is 6.30. The molecule has 0 bridgehead atoms. The molecular formula is C20H11ClO6. The van der Waals surface area contributed by atoms with Gasteiger partial charge in [0, 0.05) is 40.4 Å². The minimum Gasteiger partial charge on any atom is -0.427 e. The van der Waals surface area contributed by atoms with Crippen LogP contribution >= 0.6 is 11.6 Å². The van der Waals surface area contributed by atoms with Crippen molar-refractivity contribution in [3.8, 4) is 16.9 Å². The highest BCUT2D eigenvalue weighted by Gasteiger charge is 2.15. The fourth-order valence-electron chi connectivity index (χ4n) is 2.88. The van der Waals surface area contributed by atoms with Crippen molar-refractivity contribution in [2.24, 2.45) is 0 Å². The van der Waals surface area contributed by atoms with Crippen LogP contribution in [0.3, 0.4) is 0 Å². The number of rotatable bonds is 2. The minimum atomic E-state index is -0.650. The van der Waals surface area contributed by atoms with Crippen molar-refractivity contribution in [1.29, 1.82) is 0 Å². The molecule has 0 saturated carbocycles. The number of esters is 1. The fourth-order valence-corrected chi connectivity index (χ4v) is 3.06. The smallest absolute Gasteiger partial charge is 0.344 e. The maximum absolute atomic E-state index is 12.5. The van der Waals surface area contributed by atoms with Gasteiger partial charge < -0.3 is 13.6 Å². The van der Waals surface area contributed by atoms with Gasteiger partial charge in [-0.2, -0.15) is 0 Å². The molecule has 2 heterocycles. The molecule has 0 atom stereocenters. The number of carbonyl (C=O) groups is 1. The van der Waals surface area contributed by atoms with Crippen molar-refractivity contribution in [2.75, 3.05) is 0 Å². The van der Waals surface area contributed by atoms with E-state index >= 15 is 0 Å². The van der Waals surface area contributed by atoms with Crippen molar-refractivity contribution < 1.29 is 18.4 Å². The van der Waals surface area contributed by atoms with Crippen molar-refractivity contribution >= 4 is 39.5 Å². The lowest BCUT2D eigenvalue weighted by Gasteiger charge is -2.07. The third kappa shape index (κ3) is 3.22. The van der Waals surface area contributed by atoms with Crippen LogP contribution in [0, 0.1) is 0 Å². The van der Waals surface area contributed by atoms with Crippen LogP contribution in [0.1, 0.15) is 6.92 Å². The van der Waals surface area contributed by atoms with Gasteiger partial charge in [-0.25, -0.2) is 9.59 Å². The first kappa shape index (κ1) is 17.1. The molecule has 0 N–H and O–H groups in total. The van der Waals surface area contributed by atoms with E-state index in [0.29, 0.717) is 26.9 Å². The molecule has 0 radical (unpaired) electrons. The minimum absolute atomic E-state index is 0.182. The number of halogens is 1. The van der Waals surface area contributed by atoms with Crippen LogP contribution in [0.5, 0.6) is 5.75 Å². The molecule has 2 aromatic heterocycles. The summed E-state index contributed by atoms with van der Waals surface area (Å²) in [5.74, 6) is -0.271. The van der Waals surface area contributed by atoms with Crippen LogP contribution in [0.15, 0.2) is 67.0 Å². The van der Waals surface area contributed by atoms with Crippen molar-refractivity contribution in [3.63, 3.8) is 0 Å². The van der Waals surface area contributed by atoms with Gasteiger partial charge in [0.25, 0.3) is 0 Å². The van der Waals surface area contributed by atoms with Crippen molar-refractivity contribution in [3.05, 3.63) is 74.4 Å². The molecule has 0 spiro atoms. The number of hydrogen-bond donors (Lipinski definition) is 0. The summed E-state index contributed by atoms with van der Waals surface area (Å²) in [5, 5.41) is 1.61. The second-order valence-electron chi connectivity index (χ2n) is 5.86. The van der Waals surface area contributed by atoms with Gasteiger partial charge in [-0.1, -0.05) is 11.6 Å². The summed E-state index contributed by atoms with van der Waals surface area (Å²) in [6, 6.07) is 12.3. The Bertz CT molecular complexity index is 1330. The Labute approximate surface area is 156 Å². The van der Waals surface area contributed by atoms with E-state index in [0.717, 1.165) is 0 Å². The van der Waals surface area contributed by atoms with Crippen molar-refractivity contribution in [1.82, 2.24) is 0 Å². The molecule has 6 nitrogen and oxygen atoms in total. The first-order chi connectivity index (χ1) is 12.9. The largest absolute Gasteiger partial charge is 0.427 e. The van der Waals surface area contributed by atoms with Gasteiger partial charge >= 0.3 is 17.2 Å². The van der Waals surface area contributed by atoms with Crippen LogP contribution in [-0.4, -0.2) is 5.97 Å². The number of hydrogen-bond acceptors (Lipinski definition) is 6. The fraction of sp³-hybridized carbons (Fsp3) is 0.0500. The second kappa shape index (κ2) is 6.41. The standard InChI is InChI=1S/C20H11ClO6/c1-10(22)25-13-3-4-14-15(9-19(23)26-18(14)8-13)16-7-11-6-12(21)2-5-17(11)27-20(16)24/h2-9H,1H3. The summed E-state index contributed by atoms with van der Waals surface area (Å²) >= 11 is 6.01. The quantitative estimate of drug-likeness (QED) is 0.294. The zero-order valence-corrected chi connectivity index (χ0v) is 14.7. The van der Waals surface area contributed by atoms with Gasteiger partial charge in [0.15, 0.2) is 0 Å². The topological polar surface area (TPSA) is 86.7 Å². The predicted octanol–water partition coefficient (Wildman–Crippen LogP) is 4.15. The molecule has 2 aromatic carbocycles. The van der Waals surface area contributed by atoms with Crippen molar-refractivity contribution in [2.45, 2.75) is 6.92 Å². The molecule has 0 fully saturated rings. The van der Waals surface area contributed by atoms with E-state index < -0.39 is 17.2 Å². The third-order valence-corrected chi connectivity index (χ3v) is 4.20. The van der Waals surface area contributed by atoms with Gasteiger partial charge in [-0.05, 0) is 36.4 Å². The number of fused-ring (bicyclic) bond motifs is 2.